The van der Waals surface area contributed by atoms with Crippen molar-refractivity contribution in [2.24, 2.45) is 0 Å². The SMILES string of the molecule is O=C(Nc1ccccn1)Nc1cc([N+](=O)[O-])ccc1Cl. The Bertz CT molecular complexity index is 648. The van der Waals surface area contributed by atoms with Gasteiger partial charge in [-0.05, 0) is 18.2 Å². The zero-order valence-electron chi connectivity index (χ0n) is 10.0. The van der Waals surface area contributed by atoms with Crippen LogP contribution in [0.2, 0.25) is 5.02 Å². The molecule has 0 fully saturated rings. The Morgan fingerprint density at radius 1 is 1.25 bits per heavy atom. The topological polar surface area (TPSA) is 97.2 Å². The number of rotatable bonds is 3. The van der Waals surface area contributed by atoms with E-state index in [1.807, 2.05) is 0 Å². The second-order valence-electron chi connectivity index (χ2n) is 3.72. The number of non-ortho nitro benzene ring substituents is 1. The van der Waals surface area contributed by atoms with E-state index in [0.717, 1.165) is 0 Å². The van der Waals surface area contributed by atoms with Gasteiger partial charge in [0, 0.05) is 18.3 Å². The fourth-order valence-corrected chi connectivity index (χ4v) is 1.59. The molecule has 0 spiro atoms. The molecule has 1 aromatic heterocycles. The fourth-order valence-electron chi connectivity index (χ4n) is 1.43. The first-order valence-electron chi connectivity index (χ1n) is 5.49. The molecule has 1 aromatic carbocycles. The molecule has 0 saturated heterocycles. The maximum Gasteiger partial charge on any atom is 0.324 e. The first kappa shape index (κ1) is 13.8. The average molecular weight is 293 g/mol. The number of hydrogen-bond acceptors (Lipinski definition) is 4. The van der Waals surface area contributed by atoms with Gasteiger partial charge in [-0.3, -0.25) is 15.4 Å². The molecular formula is C12H9ClN4O3. The molecule has 2 amide bonds. The van der Waals surface area contributed by atoms with Crippen molar-refractivity contribution in [1.82, 2.24) is 4.98 Å². The minimum Gasteiger partial charge on any atom is -0.306 e. The molecule has 102 valence electrons. The summed E-state index contributed by atoms with van der Waals surface area (Å²) in [6, 6.07) is 8.21. The third-order valence-electron chi connectivity index (χ3n) is 2.32. The Kier molecular flexibility index (Phi) is 4.11. The number of carbonyl (C=O) groups excluding carboxylic acids is 1. The lowest BCUT2D eigenvalue weighted by Gasteiger charge is -2.08. The molecule has 0 aliphatic rings. The molecule has 8 heteroatoms. The van der Waals surface area contributed by atoms with Gasteiger partial charge in [0.25, 0.3) is 5.69 Å². The zero-order chi connectivity index (χ0) is 14.5. The Balaban J connectivity index is 2.11. The van der Waals surface area contributed by atoms with Gasteiger partial charge in [-0.15, -0.1) is 0 Å². The Hall–Kier alpha value is -2.67. The minimum absolute atomic E-state index is 0.147. The number of nitro benzene ring substituents is 1. The van der Waals surface area contributed by atoms with E-state index in [-0.39, 0.29) is 16.4 Å². The highest BCUT2D eigenvalue weighted by Crippen LogP contribution is 2.26. The van der Waals surface area contributed by atoms with E-state index in [2.05, 4.69) is 15.6 Å². The molecule has 0 aliphatic heterocycles. The number of pyridine rings is 1. The van der Waals surface area contributed by atoms with E-state index in [9.17, 15) is 14.9 Å². The highest BCUT2D eigenvalue weighted by molar-refractivity contribution is 6.33. The first-order chi connectivity index (χ1) is 9.56. The maximum absolute atomic E-state index is 11.7. The van der Waals surface area contributed by atoms with Crippen molar-refractivity contribution in [2.45, 2.75) is 0 Å². The predicted octanol–water partition coefficient (Wildman–Crippen LogP) is 3.29. The molecule has 0 atom stereocenters. The number of urea groups is 1. The third-order valence-corrected chi connectivity index (χ3v) is 2.65. The summed E-state index contributed by atoms with van der Waals surface area (Å²) in [5, 5.41) is 15.8. The van der Waals surface area contributed by atoms with Crippen molar-refractivity contribution < 1.29 is 9.72 Å². The number of nitrogens with zero attached hydrogens (tertiary/aromatic N) is 2. The van der Waals surface area contributed by atoms with Crippen LogP contribution in [0.1, 0.15) is 0 Å². The predicted molar refractivity (Wildman–Crippen MR) is 75.0 cm³/mol. The van der Waals surface area contributed by atoms with E-state index < -0.39 is 11.0 Å². The number of halogens is 1. The molecular weight excluding hydrogens is 284 g/mol. The summed E-state index contributed by atoms with van der Waals surface area (Å²) in [5.74, 6) is 0.353. The maximum atomic E-state index is 11.7. The third kappa shape index (κ3) is 3.42. The highest BCUT2D eigenvalue weighted by Gasteiger charge is 2.12. The average Bonchev–Trinajstić information content (AvgIpc) is 2.42. The molecule has 0 radical (unpaired) electrons. The van der Waals surface area contributed by atoms with Gasteiger partial charge in [-0.2, -0.15) is 0 Å². The minimum atomic E-state index is -0.592. The second kappa shape index (κ2) is 5.98. The lowest BCUT2D eigenvalue weighted by molar-refractivity contribution is -0.384. The fraction of sp³-hybridized carbons (Fsp3) is 0. The van der Waals surface area contributed by atoms with Gasteiger partial charge in [0.15, 0.2) is 0 Å². The molecule has 2 rings (SSSR count). The van der Waals surface area contributed by atoms with E-state index >= 15 is 0 Å². The van der Waals surface area contributed by atoms with Crippen LogP contribution in [0.5, 0.6) is 0 Å². The van der Waals surface area contributed by atoms with Crippen molar-refractivity contribution >= 4 is 34.8 Å². The van der Waals surface area contributed by atoms with E-state index in [4.69, 9.17) is 11.6 Å². The monoisotopic (exact) mass is 292 g/mol. The van der Waals surface area contributed by atoms with Crippen LogP contribution in [0, 0.1) is 10.1 Å². The van der Waals surface area contributed by atoms with Gasteiger partial charge in [0.2, 0.25) is 0 Å². The Labute approximate surface area is 118 Å². The van der Waals surface area contributed by atoms with Gasteiger partial charge in [-0.25, -0.2) is 9.78 Å². The first-order valence-corrected chi connectivity index (χ1v) is 5.87. The number of hydrogen-bond donors (Lipinski definition) is 2. The zero-order valence-corrected chi connectivity index (χ0v) is 10.8. The normalized spacial score (nSPS) is 9.85. The van der Waals surface area contributed by atoms with Crippen molar-refractivity contribution in [3.63, 3.8) is 0 Å². The highest BCUT2D eigenvalue weighted by atomic mass is 35.5. The summed E-state index contributed by atoms with van der Waals surface area (Å²) >= 11 is 5.87. The van der Waals surface area contributed by atoms with Gasteiger partial charge in [0.05, 0.1) is 15.6 Å². The van der Waals surface area contributed by atoms with Crippen LogP contribution in [0.15, 0.2) is 42.6 Å². The number of benzene rings is 1. The molecule has 7 nitrogen and oxygen atoms in total. The van der Waals surface area contributed by atoms with Crippen LogP contribution in [0.3, 0.4) is 0 Å². The van der Waals surface area contributed by atoms with Crippen LogP contribution in [-0.2, 0) is 0 Å². The summed E-state index contributed by atoms with van der Waals surface area (Å²) in [6.45, 7) is 0. The van der Waals surface area contributed by atoms with Gasteiger partial charge >= 0.3 is 6.03 Å². The molecule has 2 N–H and O–H groups in total. The second-order valence-corrected chi connectivity index (χ2v) is 4.12. The molecule has 2 aromatic rings. The number of carbonyl (C=O) groups is 1. The van der Waals surface area contributed by atoms with E-state index in [0.29, 0.717) is 5.82 Å². The standard InChI is InChI=1S/C12H9ClN4O3/c13-9-5-4-8(17(19)20)7-10(9)15-12(18)16-11-3-1-2-6-14-11/h1-7H,(H2,14,15,16,18). The van der Waals surface area contributed by atoms with Crippen molar-refractivity contribution in [3.8, 4) is 0 Å². The molecule has 0 aliphatic carbocycles. The molecule has 20 heavy (non-hydrogen) atoms. The van der Waals surface area contributed by atoms with Crippen molar-refractivity contribution in [2.75, 3.05) is 10.6 Å². The Morgan fingerprint density at radius 3 is 2.70 bits per heavy atom. The lowest BCUT2D eigenvalue weighted by Crippen LogP contribution is -2.20. The van der Waals surface area contributed by atoms with E-state index in [1.54, 1.807) is 18.2 Å². The number of amides is 2. The largest absolute Gasteiger partial charge is 0.324 e. The number of nitrogens with one attached hydrogen (secondary N) is 2. The van der Waals surface area contributed by atoms with Crippen LogP contribution in [-0.4, -0.2) is 15.9 Å². The van der Waals surface area contributed by atoms with Crippen molar-refractivity contribution in [3.05, 3.63) is 57.7 Å². The van der Waals surface area contributed by atoms with Crippen LogP contribution >= 0.6 is 11.6 Å². The van der Waals surface area contributed by atoms with Gasteiger partial charge < -0.3 is 5.32 Å². The summed E-state index contributed by atoms with van der Waals surface area (Å²) in [7, 11) is 0. The Morgan fingerprint density at radius 2 is 2.05 bits per heavy atom. The van der Waals surface area contributed by atoms with Gasteiger partial charge in [0.1, 0.15) is 5.82 Å². The molecule has 1 heterocycles. The van der Waals surface area contributed by atoms with E-state index in [1.165, 1.54) is 24.4 Å². The van der Waals surface area contributed by atoms with Crippen LogP contribution in [0.4, 0.5) is 22.0 Å². The molecule has 0 bridgehead atoms. The summed E-state index contributed by atoms with van der Waals surface area (Å²) < 4.78 is 0. The number of anilines is 2. The summed E-state index contributed by atoms with van der Waals surface area (Å²) in [6.07, 6.45) is 1.52. The molecule has 0 saturated carbocycles. The van der Waals surface area contributed by atoms with Crippen LogP contribution in [0.25, 0.3) is 0 Å². The lowest BCUT2D eigenvalue weighted by atomic mass is 10.3. The quantitative estimate of drug-likeness (QED) is 0.670. The summed E-state index contributed by atoms with van der Waals surface area (Å²) in [4.78, 5) is 25.7. The number of nitro groups is 1. The van der Waals surface area contributed by atoms with Gasteiger partial charge in [-0.1, -0.05) is 17.7 Å². The smallest absolute Gasteiger partial charge is 0.306 e. The van der Waals surface area contributed by atoms with Crippen molar-refractivity contribution in [1.29, 1.82) is 0 Å². The summed E-state index contributed by atoms with van der Waals surface area (Å²) in [5.41, 5.74) is -0.0168. The van der Waals surface area contributed by atoms with Crippen LogP contribution < -0.4 is 10.6 Å². The number of aromatic nitrogens is 1. The molecule has 0 unspecified atom stereocenters.